The fourth-order valence-electron chi connectivity index (χ4n) is 1.21. The Labute approximate surface area is 99.7 Å². The maximum Gasteiger partial charge on any atom is 0.128 e. The molecule has 0 N–H and O–H groups in total. The Morgan fingerprint density at radius 3 is 2.73 bits per heavy atom. The predicted octanol–water partition coefficient (Wildman–Crippen LogP) is 3.78. The van der Waals surface area contributed by atoms with E-state index < -0.39 is 0 Å². The van der Waals surface area contributed by atoms with Gasteiger partial charge in [0.05, 0.1) is 5.69 Å². The molecule has 1 aromatic heterocycles. The molecule has 0 radical (unpaired) electrons. The molecule has 2 nitrogen and oxygen atoms in total. The zero-order chi connectivity index (χ0) is 11.3. The highest BCUT2D eigenvalue weighted by Crippen LogP contribution is 2.26. The first kappa shape index (κ1) is 12.5. The van der Waals surface area contributed by atoms with E-state index in [0.717, 1.165) is 21.3 Å². The van der Waals surface area contributed by atoms with Crippen molar-refractivity contribution in [2.45, 2.75) is 38.9 Å². The van der Waals surface area contributed by atoms with E-state index >= 15 is 0 Å². The van der Waals surface area contributed by atoms with Gasteiger partial charge in [-0.2, -0.15) is 17.0 Å². The van der Waals surface area contributed by atoms with Crippen LogP contribution in [0.25, 0.3) is 0 Å². The molecule has 0 amide bonds. The maximum atomic E-state index is 8.97. The summed E-state index contributed by atoms with van der Waals surface area (Å²) in [6.45, 7) is 6.34. The van der Waals surface area contributed by atoms with Gasteiger partial charge in [-0.25, -0.2) is 4.98 Å². The van der Waals surface area contributed by atoms with Crippen LogP contribution in [0.2, 0.25) is 0 Å². The molecule has 0 aromatic carbocycles. The Morgan fingerprint density at radius 1 is 1.53 bits per heavy atom. The second-order valence-corrected chi connectivity index (χ2v) is 5.83. The van der Waals surface area contributed by atoms with Gasteiger partial charge in [-0.3, -0.25) is 0 Å². The first-order valence-electron chi connectivity index (χ1n) is 5.16. The third-order valence-electron chi connectivity index (χ3n) is 1.92. The van der Waals surface area contributed by atoms with Crippen molar-refractivity contribution in [2.75, 3.05) is 5.75 Å². The molecular weight excluding hydrogens is 224 g/mol. The van der Waals surface area contributed by atoms with Crippen molar-refractivity contribution in [3.8, 4) is 6.07 Å². The van der Waals surface area contributed by atoms with Crippen molar-refractivity contribution in [1.29, 1.82) is 5.26 Å². The maximum absolute atomic E-state index is 8.97. The summed E-state index contributed by atoms with van der Waals surface area (Å²) in [6.07, 6.45) is 1.19. The van der Waals surface area contributed by atoms with Gasteiger partial charge in [0.25, 0.3) is 0 Å². The number of hydrogen-bond donors (Lipinski definition) is 0. The Hall–Kier alpha value is -0.530. The summed E-state index contributed by atoms with van der Waals surface area (Å²) in [5.74, 6) is 2.46. The molecule has 0 aliphatic carbocycles. The molecule has 1 heterocycles. The lowest BCUT2D eigenvalue weighted by Crippen LogP contribution is -1.91. The summed E-state index contributed by atoms with van der Waals surface area (Å²) in [6, 6.07) is 2.23. The molecule has 82 valence electrons. The van der Waals surface area contributed by atoms with Gasteiger partial charge in [0.2, 0.25) is 0 Å². The molecule has 0 unspecified atom stereocenters. The molecule has 0 bridgehead atoms. The summed E-state index contributed by atoms with van der Waals surface area (Å²) >= 11 is 3.43. The lowest BCUT2D eigenvalue weighted by Gasteiger charge is -1.98. The van der Waals surface area contributed by atoms with Crippen molar-refractivity contribution in [3.05, 3.63) is 15.6 Å². The van der Waals surface area contributed by atoms with Gasteiger partial charge in [-0.15, -0.1) is 11.3 Å². The average molecular weight is 240 g/mol. The van der Waals surface area contributed by atoms with Crippen molar-refractivity contribution in [3.63, 3.8) is 0 Å². The van der Waals surface area contributed by atoms with Crippen LogP contribution in [0.4, 0.5) is 0 Å². The van der Waals surface area contributed by atoms with Crippen LogP contribution in [0.15, 0.2) is 0 Å². The van der Waals surface area contributed by atoms with Gasteiger partial charge in [-0.05, 0) is 18.1 Å². The van der Waals surface area contributed by atoms with Gasteiger partial charge in [0, 0.05) is 5.75 Å². The number of aromatic nitrogens is 1. The summed E-state index contributed by atoms with van der Waals surface area (Å²) in [7, 11) is 0. The lowest BCUT2D eigenvalue weighted by molar-refractivity contribution is 0.824. The van der Waals surface area contributed by atoms with Crippen molar-refractivity contribution in [2.24, 2.45) is 0 Å². The smallest absolute Gasteiger partial charge is 0.128 e. The number of nitrogens with zero attached hydrogens (tertiary/aromatic N) is 2. The highest BCUT2D eigenvalue weighted by molar-refractivity contribution is 7.98. The quantitative estimate of drug-likeness (QED) is 0.735. The number of thiazole rings is 1. The van der Waals surface area contributed by atoms with Crippen LogP contribution in [-0.4, -0.2) is 10.7 Å². The van der Waals surface area contributed by atoms with E-state index in [9.17, 15) is 0 Å². The molecule has 0 saturated heterocycles. The van der Waals surface area contributed by atoms with Gasteiger partial charge < -0.3 is 0 Å². The molecule has 1 rings (SSSR count). The first-order chi connectivity index (χ1) is 7.19. The summed E-state index contributed by atoms with van der Waals surface area (Å²) in [4.78, 5) is 5.32. The Bertz CT molecular complexity index is 350. The van der Waals surface area contributed by atoms with E-state index in [2.05, 4.69) is 31.8 Å². The predicted molar refractivity (Wildman–Crippen MR) is 67.4 cm³/mol. The Kier molecular flexibility index (Phi) is 5.13. The molecule has 15 heavy (non-hydrogen) atoms. The number of thioether (sulfide) groups is 1. The third-order valence-corrected chi connectivity index (χ3v) is 4.25. The minimum Gasteiger partial charge on any atom is -0.244 e. The molecule has 4 heteroatoms. The van der Waals surface area contributed by atoms with Gasteiger partial charge >= 0.3 is 0 Å². The molecular formula is C11H16N2S2. The van der Waals surface area contributed by atoms with Crippen LogP contribution in [-0.2, 0) is 5.75 Å². The van der Waals surface area contributed by atoms with Crippen molar-refractivity contribution >= 4 is 23.1 Å². The molecule has 0 saturated carbocycles. The van der Waals surface area contributed by atoms with Crippen LogP contribution in [0.5, 0.6) is 0 Å². The van der Waals surface area contributed by atoms with Gasteiger partial charge in [-0.1, -0.05) is 20.8 Å². The third kappa shape index (κ3) is 3.51. The van der Waals surface area contributed by atoms with Gasteiger partial charge in [0.1, 0.15) is 16.0 Å². The van der Waals surface area contributed by atoms with Crippen LogP contribution in [0, 0.1) is 11.3 Å². The zero-order valence-electron chi connectivity index (χ0n) is 9.41. The van der Waals surface area contributed by atoms with Crippen LogP contribution in [0.3, 0.4) is 0 Å². The lowest BCUT2D eigenvalue weighted by atomic mass is 10.1. The van der Waals surface area contributed by atoms with Crippen molar-refractivity contribution < 1.29 is 0 Å². The van der Waals surface area contributed by atoms with E-state index in [-0.39, 0.29) is 0 Å². The van der Waals surface area contributed by atoms with Gasteiger partial charge in [0.15, 0.2) is 0 Å². The second-order valence-electron chi connectivity index (χ2n) is 3.64. The summed E-state index contributed by atoms with van der Waals surface area (Å²) in [5, 5.41) is 10.1. The van der Waals surface area contributed by atoms with Crippen molar-refractivity contribution in [1.82, 2.24) is 4.98 Å². The highest BCUT2D eigenvalue weighted by Gasteiger charge is 2.13. The Balaban J connectivity index is 2.71. The van der Waals surface area contributed by atoms with E-state index in [4.69, 9.17) is 5.26 Å². The van der Waals surface area contributed by atoms with E-state index in [1.807, 2.05) is 11.8 Å². The monoisotopic (exact) mass is 240 g/mol. The SMILES string of the molecule is CCCSCc1nc(C(C)C)c(C#N)s1. The minimum absolute atomic E-state index is 0.348. The minimum atomic E-state index is 0.348. The number of hydrogen-bond acceptors (Lipinski definition) is 4. The zero-order valence-corrected chi connectivity index (χ0v) is 11.0. The fraction of sp³-hybridized carbons (Fsp3) is 0.636. The first-order valence-corrected chi connectivity index (χ1v) is 7.13. The number of rotatable bonds is 5. The molecule has 0 fully saturated rings. The molecule has 0 atom stereocenters. The van der Waals surface area contributed by atoms with Crippen LogP contribution >= 0.6 is 23.1 Å². The normalized spacial score (nSPS) is 10.6. The molecule has 1 aromatic rings. The van der Waals surface area contributed by atoms with E-state index in [1.54, 1.807) is 11.3 Å². The fourth-order valence-corrected chi connectivity index (χ4v) is 3.18. The molecule has 0 spiro atoms. The summed E-state index contributed by atoms with van der Waals surface area (Å²) in [5.41, 5.74) is 0.967. The van der Waals surface area contributed by atoms with Crippen LogP contribution in [0.1, 0.15) is 48.7 Å². The molecule has 0 aliphatic rings. The second kappa shape index (κ2) is 6.14. The molecule has 0 aliphatic heterocycles. The number of nitriles is 1. The topological polar surface area (TPSA) is 36.7 Å². The largest absolute Gasteiger partial charge is 0.244 e. The van der Waals surface area contributed by atoms with E-state index in [1.165, 1.54) is 12.2 Å². The average Bonchev–Trinajstić information content (AvgIpc) is 2.62. The standard InChI is InChI=1S/C11H16N2S2/c1-4-5-14-7-10-13-11(8(2)3)9(6-12)15-10/h8H,4-5,7H2,1-3H3. The Morgan fingerprint density at radius 2 is 2.27 bits per heavy atom. The van der Waals surface area contributed by atoms with E-state index in [0.29, 0.717) is 5.92 Å². The summed E-state index contributed by atoms with van der Waals surface area (Å²) < 4.78 is 0. The highest BCUT2D eigenvalue weighted by atomic mass is 32.2. The van der Waals surface area contributed by atoms with Crippen LogP contribution < -0.4 is 0 Å².